The van der Waals surface area contributed by atoms with Gasteiger partial charge in [-0.2, -0.15) is 5.10 Å². The molecule has 1 aromatic rings. The average molecular weight is 269 g/mol. The SMILES string of the molecule is C=C(C)[C@H]1CC=C(C)C(=NNC(=O)c2cccnc2)C1. The van der Waals surface area contributed by atoms with E-state index >= 15 is 0 Å². The Morgan fingerprint density at radius 3 is 3.00 bits per heavy atom. The molecule has 4 heteroatoms. The number of nitrogens with one attached hydrogen (secondary N) is 1. The zero-order chi connectivity index (χ0) is 14.5. The molecule has 0 spiro atoms. The number of carbonyl (C=O) groups excluding carboxylic acids is 1. The van der Waals surface area contributed by atoms with Crippen LogP contribution in [-0.4, -0.2) is 16.6 Å². The molecule has 1 N–H and O–H groups in total. The lowest BCUT2D eigenvalue weighted by molar-refractivity contribution is 0.0954. The normalized spacial score (nSPS) is 20.4. The first-order valence-electron chi connectivity index (χ1n) is 6.67. The van der Waals surface area contributed by atoms with Crippen molar-refractivity contribution in [2.45, 2.75) is 26.7 Å². The standard InChI is InChI=1S/C16H19N3O/c1-11(2)13-7-6-12(3)15(9-13)18-19-16(20)14-5-4-8-17-10-14/h4-6,8,10,13H,1,7,9H2,2-3H3,(H,19,20)/t13-/m0/s1. The van der Waals surface area contributed by atoms with Crippen LogP contribution in [0.25, 0.3) is 0 Å². The number of hydrogen-bond donors (Lipinski definition) is 1. The van der Waals surface area contributed by atoms with Crippen molar-refractivity contribution in [1.29, 1.82) is 0 Å². The first kappa shape index (κ1) is 14.2. The summed E-state index contributed by atoms with van der Waals surface area (Å²) in [7, 11) is 0. The number of rotatable bonds is 3. The minimum absolute atomic E-state index is 0.240. The van der Waals surface area contributed by atoms with Crippen LogP contribution in [0.1, 0.15) is 37.0 Å². The van der Waals surface area contributed by atoms with Gasteiger partial charge in [-0.1, -0.05) is 18.2 Å². The molecule has 1 aliphatic rings. The highest BCUT2D eigenvalue weighted by molar-refractivity contribution is 6.02. The fraction of sp³-hybridized carbons (Fsp3) is 0.312. The zero-order valence-corrected chi connectivity index (χ0v) is 11.9. The topological polar surface area (TPSA) is 54.4 Å². The van der Waals surface area contributed by atoms with Gasteiger partial charge >= 0.3 is 0 Å². The van der Waals surface area contributed by atoms with Crippen molar-refractivity contribution in [2.24, 2.45) is 11.0 Å². The van der Waals surface area contributed by atoms with Crippen molar-refractivity contribution in [1.82, 2.24) is 10.4 Å². The number of carbonyl (C=O) groups is 1. The molecule has 0 unspecified atom stereocenters. The number of pyridine rings is 1. The third-order valence-electron chi connectivity index (χ3n) is 3.52. The lowest BCUT2D eigenvalue weighted by Crippen LogP contribution is -2.23. The molecule has 2 rings (SSSR count). The summed E-state index contributed by atoms with van der Waals surface area (Å²) in [5, 5.41) is 4.25. The predicted octanol–water partition coefficient (Wildman–Crippen LogP) is 3.10. The number of allylic oxidation sites excluding steroid dienone is 3. The van der Waals surface area contributed by atoms with Gasteiger partial charge in [-0.05, 0) is 50.3 Å². The van der Waals surface area contributed by atoms with Gasteiger partial charge < -0.3 is 0 Å². The highest BCUT2D eigenvalue weighted by Crippen LogP contribution is 2.26. The molecule has 1 amide bonds. The summed E-state index contributed by atoms with van der Waals surface area (Å²) in [5.74, 6) is 0.170. The molecule has 1 heterocycles. The first-order valence-corrected chi connectivity index (χ1v) is 6.67. The van der Waals surface area contributed by atoms with Crippen LogP contribution in [0, 0.1) is 5.92 Å². The maximum absolute atomic E-state index is 11.9. The van der Waals surface area contributed by atoms with Crippen molar-refractivity contribution < 1.29 is 4.79 Å². The molecule has 104 valence electrons. The summed E-state index contributed by atoms with van der Waals surface area (Å²) in [6.45, 7) is 8.05. The minimum Gasteiger partial charge on any atom is -0.267 e. The minimum atomic E-state index is -0.240. The average Bonchev–Trinajstić information content (AvgIpc) is 2.46. The van der Waals surface area contributed by atoms with E-state index in [1.165, 1.54) is 6.20 Å². The number of nitrogens with zero attached hydrogens (tertiary/aromatic N) is 2. The third-order valence-corrected chi connectivity index (χ3v) is 3.52. The van der Waals surface area contributed by atoms with E-state index < -0.39 is 0 Å². The number of aromatic nitrogens is 1. The van der Waals surface area contributed by atoms with Gasteiger partial charge in [0.2, 0.25) is 0 Å². The number of amides is 1. The van der Waals surface area contributed by atoms with Crippen molar-refractivity contribution >= 4 is 11.6 Å². The van der Waals surface area contributed by atoms with Crippen molar-refractivity contribution in [3.05, 3.63) is 53.9 Å². The molecule has 1 aromatic heterocycles. The van der Waals surface area contributed by atoms with E-state index in [-0.39, 0.29) is 5.91 Å². The van der Waals surface area contributed by atoms with Crippen LogP contribution < -0.4 is 5.43 Å². The number of hydrazone groups is 1. The molecule has 0 saturated carbocycles. The fourth-order valence-electron chi connectivity index (χ4n) is 2.10. The van der Waals surface area contributed by atoms with Crippen LogP contribution in [0.4, 0.5) is 0 Å². The molecule has 1 aliphatic carbocycles. The van der Waals surface area contributed by atoms with Crippen LogP contribution in [0.2, 0.25) is 0 Å². The molecule has 4 nitrogen and oxygen atoms in total. The summed E-state index contributed by atoms with van der Waals surface area (Å²) in [4.78, 5) is 15.8. The molecular weight excluding hydrogens is 250 g/mol. The van der Waals surface area contributed by atoms with Crippen LogP contribution in [0.3, 0.4) is 0 Å². The molecule has 0 bridgehead atoms. The van der Waals surface area contributed by atoms with E-state index in [9.17, 15) is 4.79 Å². The number of hydrogen-bond acceptors (Lipinski definition) is 3. The second-order valence-corrected chi connectivity index (χ2v) is 5.11. The molecule has 0 saturated heterocycles. The Labute approximate surface area is 119 Å². The molecule has 0 fully saturated rings. The van der Waals surface area contributed by atoms with Crippen LogP contribution >= 0.6 is 0 Å². The van der Waals surface area contributed by atoms with Gasteiger partial charge in [-0.3, -0.25) is 9.78 Å². The Balaban J connectivity index is 2.07. The van der Waals surface area contributed by atoms with Gasteiger partial charge in [-0.25, -0.2) is 5.43 Å². The van der Waals surface area contributed by atoms with Crippen LogP contribution in [0.15, 0.2) is 53.4 Å². The zero-order valence-electron chi connectivity index (χ0n) is 11.9. The van der Waals surface area contributed by atoms with Gasteiger partial charge in [-0.15, -0.1) is 0 Å². The lowest BCUT2D eigenvalue weighted by Gasteiger charge is -2.22. The first-order chi connectivity index (χ1) is 9.58. The smallest absolute Gasteiger partial charge is 0.267 e. The summed E-state index contributed by atoms with van der Waals surface area (Å²) >= 11 is 0. The third kappa shape index (κ3) is 3.41. The van der Waals surface area contributed by atoms with Crippen molar-refractivity contribution in [2.75, 3.05) is 0 Å². The Morgan fingerprint density at radius 2 is 2.35 bits per heavy atom. The second-order valence-electron chi connectivity index (χ2n) is 5.11. The second kappa shape index (κ2) is 6.28. The molecule has 0 aliphatic heterocycles. The predicted molar refractivity (Wildman–Crippen MR) is 80.4 cm³/mol. The van der Waals surface area contributed by atoms with Gasteiger partial charge in [0, 0.05) is 12.4 Å². The highest BCUT2D eigenvalue weighted by Gasteiger charge is 2.18. The largest absolute Gasteiger partial charge is 0.272 e. The Kier molecular flexibility index (Phi) is 4.45. The molecule has 0 aromatic carbocycles. The van der Waals surface area contributed by atoms with Gasteiger partial charge in [0.1, 0.15) is 0 Å². The summed E-state index contributed by atoms with van der Waals surface area (Å²) < 4.78 is 0. The maximum Gasteiger partial charge on any atom is 0.272 e. The molecule has 20 heavy (non-hydrogen) atoms. The van der Waals surface area contributed by atoms with Crippen LogP contribution in [0.5, 0.6) is 0 Å². The Bertz CT molecular complexity index is 573. The van der Waals surface area contributed by atoms with Gasteiger partial charge in [0.25, 0.3) is 5.91 Å². The monoisotopic (exact) mass is 269 g/mol. The maximum atomic E-state index is 11.9. The van der Waals surface area contributed by atoms with Crippen molar-refractivity contribution in [3.63, 3.8) is 0 Å². The van der Waals surface area contributed by atoms with E-state index in [4.69, 9.17) is 0 Å². The van der Waals surface area contributed by atoms with Gasteiger partial charge in [0.15, 0.2) is 0 Å². The van der Waals surface area contributed by atoms with Crippen molar-refractivity contribution in [3.8, 4) is 0 Å². The van der Waals surface area contributed by atoms with Gasteiger partial charge in [0.05, 0.1) is 11.3 Å². The summed E-state index contributed by atoms with van der Waals surface area (Å²) in [5.41, 5.74) is 6.29. The Morgan fingerprint density at radius 1 is 1.55 bits per heavy atom. The fourth-order valence-corrected chi connectivity index (χ4v) is 2.10. The molecular formula is C16H19N3O. The quantitative estimate of drug-likeness (QED) is 0.677. The highest BCUT2D eigenvalue weighted by atomic mass is 16.2. The summed E-state index contributed by atoms with van der Waals surface area (Å²) in [6, 6.07) is 3.44. The lowest BCUT2D eigenvalue weighted by atomic mass is 9.85. The van der Waals surface area contributed by atoms with E-state index in [1.54, 1.807) is 18.3 Å². The van der Waals surface area contributed by atoms with Crippen LogP contribution in [-0.2, 0) is 0 Å². The molecule has 0 radical (unpaired) electrons. The van der Waals surface area contributed by atoms with E-state index in [0.717, 1.165) is 29.7 Å². The molecule has 1 atom stereocenters. The Hall–Kier alpha value is -2.23. The van der Waals surface area contributed by atoms with E-state index in [0.29, 0.717) is 11.5 Å². The summed E-state index contributed by atoms with van der Waals surface area (Å²) in [6.07, 6.45) is 7.13. The van der Waals surface area contributed by atoms with E-state index in [2.05, 4.69) is 28.2 Å². The van der Waals surface area contributed by atoms with E-state index in [1.807, 2.05) is 13.8 Å².